The van der Waals surface area contributed by atoms with Crippen LogP contribution in [0.15, 0.2) is 79.3 Å². The van der Waals surface area contributed by atoms with Crippen molar-refractivity contribution in [2.75, 3.05) is 5.32 Å². The maximum Gasteiger partial charge on any atom is 0.330 e. The summed E-state index contributed by atoms with van der Waals surface area (Å²) in [5, 5.41) is 17.9. The molecule has 41 heavy (non-hydrogen) atoms. The number of aliphatic hydroxyl groups is 1. The maximum absolute atomic E-state index is 15.9. The van der Waals surface area contributed by atoms with Gasteiger partial charge in [0.25, 0.3) is 0 Å². The van der Waals surface area contributed by atoms with Crippen LogP contribution in [-0.4, -0.2) is 31.3 Å². The number of ether oxygens (including phenoxy) is 1. The number of amides is 1. The minimum atomic E-state index is -0.904. The topological polar surface area (TPSA) is 98.4 Å². The molecule has 1 amide bonds. The van der Waals surface area contributed by atoms with Crippen LogP contribution in [0.2, 0.25) is 0 Å². The number of fused-ring (bicyclic) bond motifs is 1. The van der Waals surface area contributed by atoms with Crippen LogP contribution in [0.25, 0.3) is 22.0 Å². The first kappa shape index (κ1) is 26.5. The van der Waals surface area contributed by atoms with E-state index in [0.29, 0.717) is 39.4 Å². The summed E-state index contributed by atoms with van der Waals surface area (Å²) in [4.78, 5) is 26.2. The Hall–Kier alpha value is -4.76. The van der Waals surface area contributed by atoms with E-state index in [2.05, 4.69) is 10.4 Å². The van der Waals surface area contributed by atoms with Crippen LogP contribution in [0.5, 0.6) is 5.75 Å². The predicted molar refractivity (Wildman–Crippen MR) is 154 cm³/mol. The van der Waals surface area contributed by atoms with Crippen molar-refractivity contribution in [3.8, 4) is 16.9 Å². The summed E-state index contributed by atoms with van der Waals surface area (Å²) in [5.74, 6) is -0.471. The van der Waals surface area contributed by atoms with Gasteiger partial charge in [-0.25, -0.2) is 9.18 Å². The second-order valence-electron chi connectivity index (χ2n) is 10.4. The molecule has 2 heterocycles. The molecule has 8 nitrogen and oxygen atoms in total. The molecule has 6 rings (SSSR count). The third-order valence-electron chi connectivity index (χ3n) is 7.28. The first-order valence-corrected chi connectivity index (χ1v) is 13.5. The highest BCUT2D eigenvalue weighted by Gasteiger charge is 2.26. The van der Waals surface area contributed by atoms with Crippen molar-refractivity contribution in [1.29, 1.82) is 0 Å². The van der Waals surface area contributed by atoms with Crippen molar-refractivity contribution in [1.82, 2.24) is 14.3 Å². The Bertz CT molecular complexity index is 1770. The number of carbonyl (C=O) groups is 2. The number of Topliss-reactive ketones (excluding diaryl/α,β-unsaturated/α-hetero) is 1. The van der Waals surface area contributed by atoms with E-state index < -0.39 is 18.0 Å². The summed E-state index contributed by atoms with van der Waals surface area (Å²) in [5.41, 5.74) is 2.78. The lowest BCUT2D eigenvalue weighted by atomic mass is 10.0. The van der Waals surface area contributed by atoms with E-state index >= 15 is 4.39 Å². The minimum absolute atomic E-state index is 0.100. The quantitative estimate of drug-likeness (QED) is 0.204. The fourth-order valence-corrected chi connectivity index (χ4v) is 4.92. The number of benzene rings is 3. The van der Waals surface area contributed by atoms with Crippen LogP contribution in [0.1, 0.15) is 60.3 Å². The van der Waals surface area contributed by atoms with E-state index in [1.54, 1.807) is 43.6 Å². The van der Waals surface area contributed by atoms with Gasteiger partial charge in [0.05, 0.1) is 24.0 Å². The van der Waals surface area contributed by atoms with Gasteiger partial charge in [-0.15, -0.1) is 0 Å². The number of halogens is 1. The Balaban J connectivity index is 1.39. The fourth-order valence-electron chi connectivity index (χ4n) is 4.92. The lowest BCUT2D eigenvalue weighted by molar-refractivity contribution is 0.101. The number of carbonyl (C=O) groups excluding carboxylic acids is 2. The lowest BCUT2D eigenvalue weighted by Crippen LogP contribution is -2.20. The molecule has 2 aromatic heterocycles. The standard InChI is InChI=1S/C32H29FN4O4/c1-19(38)22-13-26(23-15-34-37(16-23)24-11-12-24)30(33)28(14-22)35-32(40)36-17-27(20(2)39)25-9-6-10-29(31(25)36)41-18-21-7-4-3-5-8-21/h3-10,13-17,19,24,38H,11-12,18H2,1-2H3,(H,35,40). The molecule has 0 spiro atoms. The summed E-state index contributed by atoms with van der Waals surface area (Å²) in [6.45, 7) is 3.25. The van der Waals surface area contributed by atoms with Gasteiger partial charge in [-0.1, -0.05) is 42.5 Å². The molecular weight excluding hydrogens is 523 g/mol. The van der Waals surface area contributed by atoms with Crippen LogP contribution in [-0.2, 0) is 6.61 Å². The van der Waals surface area contributed by atoms with Crippen LogP contribution >= 0.6 is 0 Å². The van der Waals surface area contributed by atoms with Crippen molar-refractivity contribution in [3.05, 3.63) is 102 Å². The summed E-state index contributed by atoms with van der Waals surface area (Å²) >= 11 is 0. The molecule has 0 saturated heterocycles. The second-order valence-corrected chi connectivity index (χ2v) is 10.4. The molecule has 3 aromatic carbocycles. The molecular formula is C32H29FN4O4. The average Bonchev–Trinajstić information content (AvgIpc) is 3.55. The van der Waals surface area contributed by atoms with Crippen molar-refractivity contribution < 1.29 is 23.8 Å². The number of rotatable bonds is 8. The van der Waals surface area contributed by atoms with E-state index in [4.69, 9.17) is 4.74 Å². The number of anilines is 1. The molecule has 0 aliphatic heterocycles. The van der Waals surface area contributed by atoms with Gasteiger partial charge >= 0.3 is 6.03 Å². The van der Waals surface area contributed by atoms with E-state index in [1.807, 2.05) is 35.0 Å². The molecule has 0 radical (unpaired) electrons. The van der Waals surface area contributed by atoms with Gasteiger partial charge in [0.2, 0.25) is 0 Å². The number of nitrogens with zero attached hydrogens (tertiary/aromatic N) is 3. The molecule has 9 heteroatoms. The van der Waals surface area contributed by atoms with Gasteiger partial charge in [-0.05, 0) is 56.0 Å². The zero-order valence-corrected chi connectivity index (χ0v) is 22.7. The highest BCUT2D eigenvalue weighted by atomic mass is 19.1. The first-order chi connectivity index (χ1) is 19.8. The summed E-state index contributed by atoms with van der Waals surface area (Å²) < 4.78 is 25.1. The molecule has 1 atom stereocenters. The van der Waals surface area contributed by atoms with Gasteiger partial charge in [0.15, 0.2) is 11.6 Å². The molecule has 208 valence electrons. The Labute approximate surface area is 236 Å². The van der Waals surface area contributed by atoms with Crippen LogP contribution in [0, 0.1) is 5.82 Å². The Morgan fingerprint density at radius 2 is 1.90 bits per heavy atom. The molecule has 2 N–H and O–H groups in total. The van der Waals surface area contributed by atoms with Crippen LogP contribution < -0.4 is 10.1 Å². The SMILES string of the molecule is CC(=O)c1cn(C(=O)Nc2cc(C(C)O)cc(-c3cnn(C4CC4)c3)c2F)c2c(OCc3ccccc3)cccc12. The second kappa shape index (κ2) is 10.7. The van der Waals surface area contributed by atoms with Crippen molar-refractivity contribution in [2.45, 2.75) is 45.4 Å². The van der Waals surface area contributed by atoms with Gasteiger partial charge in [-0.2, -0.15) is 5.10 Å². The highest BCUT2D eigenvalue weighted by Crippen LogP contribution is 2.37. The maximum atomic E-state index is 15.9. The van der Waals surface area contributed by atoms with Gasteiger partial charge < -0.3 is 15.2 Å². The molecule has 1 unspecified atom stereocenters. The van der Waals surface area contributed by atoms with E-state index in [1.165, 1.54) is 23.8 Å². The Kier molecular flexibility index (Phi) is 6.88. The third-order valence-corrected chi connectivity index (χ3v) is 7.28. The molecule has 1 fully saturated rings. The van der Waals surface area contributed by atoms with Crippen molar-refractivity contribution >= 4 is 28.4 Å². The molecule has 1 aliphatic carbocycles. The van der Waals surface area contributed by atoms with E-state index in [0.717, 1.165) is 18.4 Å². The highest BCUT2D eigenvalue weighted by molar-refractivity contribution is 6.12. The first-order valence-electron chi connectivity index (χ1n) is 13.5. The van der Waals surface area contributed by atoms with Crippen molar-refractivity contribution in [3.63, 3.8) is 0 Å². The van der Waals surface area contributed by atoms with E-state index in [-0.39, 0.29) is 23.6 Å². The summed E-state index contributed by atoms with van der Waals surface area (Å²) in [7, 11) is 0. The summed E-state index contributed by atoms with van der Waals surface area (Å²) in [6.07, 6.45) is 5.96. The number of nitrogens with one attached hydrogen (secondary N) is 1. The monoisotopic (exact) mass is 552 g/mol. The number of ketones is 1. The van der Waals surface area contributed by atoms with Gasteiger partial charge in [0.1, 0.15) is 17.9 Å². The van der Waals surface area contributed by atoms with Crippen LogP contribution in [0.4, 0.5) is 14.9 Å². The Morgan fingerprint density at radius 3 is 2.61 bits per heavy atom. The lowest BCUT2D eigenvalue weighted by Gasteiger charge is -2.15. The smallest absolute Gasteiger partial charge is 0.330 e. The molecule has 0 bridgehead atoms. The zero-order chi connectivity index (χ0) is 28.7. The van der Waals surface area contributed by atoms with Gasteiger partial charge in [-0.3, -0.25) is 14.0 Å². The van der Waals surface area contributed by atoms with Crippen molar-refractivity contribution in [2.24, 2.45) is 0 Å². The average molecular weight is 553 g/mol. The normalized spacial score (nSPS) is 13.8. The third kappa shape index (κ3) is 5.24. The number of hydrogen-bond acceptors (Lipinski definition) is 5. The Morgan fingerprint density at radius 1 is 1.12 bits per heavy atom. The van der Waals surface area contributed by atoms with E-state index in [9.17, 15) is 14.7 Å². The number of para-hydroxylation sites is 1. The number of hydrogen-bond donors (Lipinski definition) is 2. The molecule has 1 aliphatic rings. The molecule has 1 saturated carbocycles. The fraction of sp³-hybridized carbons (Fsp3) is 0.219. The largest absolute Gasteiger partial charge is 0.487 e. The predicted octanol–water partition coefficient (Wildman–Crippen LogP) is 6.89. The summed E-state index contributed by atoms with van der Waals surface area (Å²) in [6, 6.07) is 17.4. The number of aromatic nitrogens is 3. The minimum Gasteiger partial charge on any atom is -0.487 e. The molecule has 5 aromatic rings. The zero-order valence-electron chi connectivity index (χ0n) is 22.7. The number of aliphatic hydroxyl groups excluding tert-OH is 1. The van der Waals surface area contributed by atoms with Gasteiger partial charge in [0, 0.05) is 34.5 Å². The van der Waals surface area contributed by atoms with Crippen LogP contribution in [0.3, 0.4) is 0 Å².